The first-order valence-electron chi connectivity index (χ1n) is 4.44. The van der Waals surface area contributed by atoms with E-state index in [2.05, 4.69) is 15.2 Å². The summed E-state index contributed by atoms with van der Waals surface area (Å²) in [6.45, 7) is 5.49. The Morgan fingerprint density at radius 1 is 1.54 bits per heavy atom. The van der Waals surface area contributed by atoms with Crippen molar-refractivity contribution in [3.8, 4) is 0 Å². The van der Waals surface area contributed by atoms with E-state index in [-0.39, 0.29) is 11.3 Å². The molecule has 1 fully saturated rings. The Labute approximate surface area is 79.0 Å². The standard InChI is InChI=1S/C9H17N3O/c1-7(10-3)12-5-9(2,6-12)8(13)11-4/h5-6H2,1-4H3,(H,11,13). The molecule has 74 valence electrons. The molecule has 0 bridgehead atoms. The van der Waals surface area contributed by atoms with Crippen molar-refractivity contribution < 1.29 is 4.79 Å². The minimum atomic E-state index is -0.222. The van der Waals surface area contributed by atoms with Crippen LogP contribution in [-0.2, 0) is 4.79 Å². The van der Waals surface area contributed by atoms with Gasteiger partial charge in [0.15, 0.2) is 0 Å². The number of amides is 1. The van der Waals surface area contributed by atoms with Gasteiger partial charge in [0.05, 0.1) is 11.3 Å². The number of nitrogens with one attached hydrogen (secondary N) is 1. The Morgan fingerprint density at radius 3 is 2.46 bits per heavy atom. The summed E-state index contributed by atoms with van der Waals surface area (Å²) in [4.78, 5) is 17.6. The third kappa shape index (κ3) is 1.66. The van der Waals surface area contributed by atoms with Crippen molar-refractivity contribution >= 4 is 11.7 Å². The molecule has 0 saturated carbocycles. The average Bonchev–Trinajstić information content (AvgIpc) is 2.10. The lowest BCUT2D eigenvalue weighted by atomic mass is 9.81. The van der Waals surface area contributed by atoms with Crippen molar-refractivity contribution in [3.05, 3.63) is 0 Å². The first-order chi connectivity index (χ1) is 6.03. The monoisotopic (exact) mass is 183 g/mol. The third-order valence-electron chi connectivity index (χ3n) is 2.64. The highest BCUT2D eigenvalue weighted by Gasteiger charge is 2.44. The smallest absolute Gasteiger partial charge is 0.229 e. The van der Waals surface area contributed by atoms with E-state index in [4.69, 9.17) is 0 Å². The van der Waals surface area contributed by atoms with Crippen molar-refractivity contribution in [1.29, 1.82) is 0 Å². The third-order valence-corrected chi connectivity index (χ3v) is 2.64. The van der Waals surface area contributed by atoms with Gasteiger partial charge in [-0.15, -0.1) is 0 Å². The maximum absolute atomic E-state index is 11.4. The number of carbonyl (C=O) groups excluding carboxylic acids is 1. The maximum atomic E-state index is 11.4. The molecular formula is C9H17N3O. The van der Waals surface area contributed by atoms with Crippen LogP contribution in [0.5, 0.6) is 0 Å². The van der Waals surface area contributed by atoms with E-state index >= 15 is 0 Å². The van der Waals surface area contributed by atoms with E-state index < -0.39 is 0 Å². The van der Waals surface area contributed by atoms with Crippen LogP contribution in [0.2, 0.25) is 0 Å². The van der Waals surface area contributed by atoms with E-state index in [1.165, 1.54) is 0 Å². The molecule has 0 aromatic rings. The van der Waals surface area contributed by atoms with Crippen LogP contribution in [-0.4, -0.2) is 43.8 Å². The van der Waals surface area contributed by atoms with Gasteiger partial charge in [0.25, 0.3) is 0 Å². The Bertz CT molecular complexity index is 241. The SMILES string of the molecule is CN=C(C)N1CC(C)(C(=O)NC)C1. The number of nitrogens with zero attached hydrogens (tertiary/aromatic N) is 2. The second-order valence-corrected chi connectivity index (χ2v) is 3.77. The van der Waals surface area contributed by atoms with Crippen molar-refractivity contribution in [2.24, 2.45) is 10.4 Å². The average molecular weight is 183 g/mol. The highest BCUT2D eigenvalue weighted by atomic mass is 16.2. The Hall–Kier alpha value is -1.06. The lowest BCUT2D eigenvalue weighted by Gasteiger charge is -2.47. The van der Waals surface area contributed by atoms with Crippen LogP contribution in [0.15, 0.2) is 4.99 Å². The molecule has 0 aliphatic carbocycles. The van der Waals surface area contributed by atoms with Crippen molar-refractivity contribution in [3.63, 3.8) is 0 Å². The van der Waals surface area contributed by atoms with Crippen LogP contribution in [0.1, 0.15) is 13.8 Å². The van der Waals surface area contributed by atoms with Crippen LogP contribution >= 0.6 is 0 Å². The van der Waals surface area contributed by atoms with Gasteiger partial charge in [-0.3, -0.25) is 9.79 Å². The lowest BCUT2D eigenvalue weighted by Crippen LogP contribution is -2.62. The van der Waals surface area contributed by atoms with Crippen LogP contribution in [0, 0.1) is 5.41 Å². The Kier molecular flexibility index (Phi) is 2.59. The maximum Gasteiger partial charge on any atom is 0.229 e. The molecule has 1 rings (SSSR count). The number of amidine groups is 1. The van der Waals surface area contributed by atoms with Gasteiger partial charge in [-0.05, 0) is 13.8 Å². The Morgan fingerprint density at radius 2 is 2.08 bits per heavy atom. The number of aliphatic imine (C=N–C) groups is 1. The molecule has 0 unspecified atom stereocenters. The minimum absolute atomic E-state index is 0.118. The van der Waals surface area contributed by atoms with Crippen LogP contribution in [0.25, 0.3) is 0 Å². The van der Waals surface area contributed by atoms with E-state index in [9.17, 15) is 4.79 Å². The topological polar surface area (TPSA) is 44.7 Å². The summed E-state index contributed by atoms with van der Waals surface area (Å²) in [6, 6.07) is 0. The van der Waals surface area contributed by atoms with Gasteiger partial charge in [0.2, 0.25) is 5.91 Å². The second kappa shape index (κ2) is 3.36. The quantitative estimate of drug-likeness (QED) is 0.463. The van der Waals surface area contributed by atoms with Crippen molar-refractivity contribution in [2.45, 2.75) is 13.8 Å². The predicted molar refractivity (Wildman–Crippen MR) is 52.8 cm³/mol. The molecule has 4 heteroatoms. The van der Waals surface area contributed by atoms with Crippen molar-refractivity contribution in [2.75, 3.05) is 27.2 Å². The zero-order valence-corrected chi connectivity index (χ0v) is 8.72. The summed E-state index contributed by atoms with van der Waals surface area (Å²) < 4.78 is 0. The molecule has 1 amide bonds. The lowest BCUT2D eigenvalue weighted by molar-refractivity contribution is -0.136. The van der Waals surface area contributed by atoms with Crippen LogP contribution in [0.4, 0.5) is 0 Å². The molecule has 1 N–H and O–H groups in total. The number of likely N-dealkylation sites (tertiary alicyclic amines) is 1. The molecule has 1 saturated heterocycles. The first kappa shape index (κ1) is 10.0. The summed E-state index contributed by atoms with van der Waals surface area (Å²) in [5.41, 5.74) is -0.222. The summed E-state index contributed by atoms with van der Waals surface area (Å²) in [7, 11) is 3.45. The highest BCUT2D eigenvalue weighted by Crippen LogP contribution is 2.29. The van der Waals surface area contributed by atoms with Crippen LogP contribution in [0.3, 0.4) is 0 Å². The molecule has 1 aliphatic heterocycles. The molecular weight excluding hydrogens is 166 g/mol. The normalized spacial score (nSPS) is 20.9. The highest BCUT2D eigenvalue weighted by molar-refractivity contribution is 5.88. The largest absolute Gasteiger partial charge is 0.359 e. The van der Waals surface area contributed by atoms with Gasteiger partial charge in [0.1, 0.15) is 0 Å². The van der Waals surface area contributed by atoms with Crippen molar-refractivity contribution in [1.82, 2.24) is 10.2 Å². The number of rotatable bonds is 1. The van der Waals surface area contributed by atoms with E-state index in [0.717, 1.165) is 18.9 Å². The van der Waals surface area contributed by atoms with Gasteiger partial charge in [-0.2, -0.15) is 0 Å². The van der Waals surface area contributed by atoms with Gasteiger partial charge >= 0.3 is 0 Å². The summed E-state index contributed by atoms with van der Waals surface area (Å²) in [5.74, 6) is 1.12. The van der Waals surface area contributed by atoms with Crippen LogP contribution < -0.4 is 5.32 Å². The number of hydrogen-bond donors (Lipinski definition) is 1. The van der Waals surface area contributed by atoms with Gasteiger partial charge in [-0.25, -0.2) is 0 Å². The number of hydrogen-bond acceptors (Lipinski definition) is 2. The predicted octanol–water partition coefficient (Wildman–Crippen LogP) is 0.103. The molecule has 0 aromatic heterocycles. The minimum Gasteiger partial charge on any atom is -0.359 e. The molecule has 4 nitrogen and oxygen atoms in total. The first-order valence-corrected chi connectivity index (χ1v) is 4.44. The summed E-state index contributed by atoms with van der Waals surface area (Å²) in [6.07, 6.45) is 0. The fraction of sp³-hybridized carbons (Fsp3) is 0.778. The second-order valence-electron chi connectivity index (χ2n) is 3.77. The molecule has 0 radical (unpaired) electrons. The molecule has 1 aliphatic rings. The van der Waals surface area contributed by atoms with E-state index in [0.29, 0.717) is 0 Å². The fourth-order valence-electron chi connectivity index (χ4n) is 1.61. The van der Waals surface area contributed by atoms with Gasteiger partial charge < -0.3 is 10.2 Å². The molecule has 0 spiro atoms. The fourth-order valence-corrected chi connectivity index (χ4v) is 1.61. The van der Waals surface area contributed by atoms with E-state index in [1.807, 2.05) is 13.8 Å². The number of carbonyl (C=O) groups is 1. The zero-order chi connectivity index (χ0) is 10.1. The Balaban J connectivity index is 2.52. The molecule has 0 aromatic carbocycles. The van der Waals surface area contributed by atoms with E-state index in [1.54, 1.807) is 14.1 Å². The summed E-state index contributed by atoms with van der Waals surface area (Å²) >= 11 is 0. The van der Waals surface area contributed by atoms with Gasteiger partial charge in [0, 0.05) is 27.2 Å². The molecule has 13 heavy (non-hydrogen) atoms. The summed E-state index contributed by atoms with van der Waals surface area (Å²) in [5, 5.41) is 2.68. The van der Waals surface area contributed by atoms with Gasteiger partial charge in [-0.1, -0.05) is 0 Å². The zero-order valence-electron chi connectivity index (χ0n) is 8.72. The molecule has 1 heterocycles. The molecule has 0 atom stereocenters.